The van der Waals surface area contributed by atoms with Gasteiger partial charge in [0, 0.05) is 64.4 Å². The monoisotopic (exact) mass is 377 g/mol. The fourth-order valence-electron chi connectivity index (χ4n) is 4.03. The maximum absolute atomic E-state index is 12.4. The van der Waals surface area contributed by atoms with E-state index in [0.29, 0.717) is 44.5 Å². The van der Waals surface area contributed by atoms with Crippen LogP contribution in [0.25, 0.3) is 0 Å². The van der Waals surface area contributed by atoms with Gasteiger partial charge < -0.3 is 24.0 Å². The third-order valence-electron chi connectivity index (χ3n) is 5.76. The van der Waals surface area contributed by atoms with E-state index >= 15 is 0 Å². The average molecular weight is 377 g/mol. The number of likely N-dealkylation sites (tertiary alicyclic amines) is 2. The Bertz CT molecular complexity index is 673. The smallest absolute Gasteiger partial charge is 0.320 e. The Morgan fingerprint density at radius 1 is 1.04 bits per heavy atom. The van der Waals surface area contributed by atoms with Crippen LogP contribution in [0.15, 0.2) is 4.52 Å². The minimum Gasteiger partial charge on any atom is -0.378 e. The molecular formula is C18H27N5O4. The molecule has 9 nitrogen and oxygen atoms in total. The predicted molar refractivity (Wildman–Crippen MR) is 95.1 cm³/mol. The van der Waals surface area contributed by atoms with E-state index in [4.69, 9.17) is 9.26 Å². The molecule has 0 spiro atoms. The van der Waals surface area contributed by atoms with Crippen LogP contribution in [0.1, 0.15) is 37.4 Å². The van der Waals surface area contributed by atoms with Crippen molar-refractivity contribution in [1.82, 2.24) is 24.8 Å². The quantitative estimate of drug-likeness (QED) is 0.771. The first-order valence-electron chi connectivity index (χ1n) is 9.79. The second kappa shape index (κ2) is 7.84. The minimum atomic E-state index is 0.109. The van der Waals surface area contributed by atoms with E-state index in [-0.39, 0.29) is 17.9 Å². The second-order valence-corrected chi connectivity index (χ2v) is 7.68. The Morgan fingerprint density at radius 2 is 1.74 bits per heavy atom. The summed E-state index contributed by atoms with van der Waals surface area (Å²) in [7, 11) is 0. The molecule has 0 unspecified atom stereocenters. The molecule has 3 amide bonds. The van der Waals surface area contributed by atoms with Crippen molar-refractivity contribution in [3.8, 4) is 0 Å². The third kappa shape index (κ3) is 4.07. The first kappa shape index (κ1) is 18.2. The van der Waals surface area contributed by atoms with Gasteiger partial charge in [-0.25, -0.2) is 4.79 Å². The van der Waals surface area contributed by atoms with E-state index in [1.54, 1.807) is 6.92 Å². The zero-order chi connectivity index (χ0) is 18.8. The van der Waals surface area contributed by atoms with Gasteiger partial charge in [-0.1, -0.05) is 5.16 Å². The number of carbonyl (C=O) groups excluding carboxylic acids is 2. The highest BCUT2D eigenvalue weighted by atomic mass is 16.5. The fourth-order valence-corrected chi connectivity index (χ4v) is 4.03. The van der Waals surface area contributed by atoms with Gasteiger partial charge in [0.1, 0.15) is 0 Å². The molecule has 4 rings (SSSR count). The lowest BCUT2D eigenvalue weighted by Gasteiger charge is -2.42. The standard InChI is InChI=1S/C18H27N5O4/c1-13(24)21-4-2-15(3-5-21)17-19-16(27-20-17)10-14-11-23(12-14)18(25)22-6-8-26-9-7-22/h14-15H,2-12H2,1H3. The van der Waals surface area contributed by atoms with Crippen molar-refractivity contribution in [3.05, 3.63) is 11.7 Å². The third-order valence-corrected chi connectivity index (χ3v) is 5.76. The van der Waals surface area contributed by atoms with Crippen molar-refractivity contribution >= 4 is 11.9 Å². The number of morpholine rings is 1. The molecular weight excluding hydrogens is 350 g/mol. The van der Waals surface area contributed by atoms with Crippen molar-refractivity contribution in [1.29, 1.82) is 0 Å². The normalized spacial score (nSPS) is 22.0. The summed E-state index contributed by atoms with van der Waals surface area (Å²) in [6.45, 7) is 7.20. The zero-order valence-corrected chi connectivity index (χ0v) is 15.8. The Kier molecular flexibility index (Phi) is 5.29. The topological polar surface area (TPSA) is 92.0 Å². The number of rotatable bonds is 3. The van der Waals surface area contributed by atoms with Gasteiger partial charge >= 0.3 is 6.03 Å². The van der Waals surface area contributed by atoms with Crippen LogP contribution < -0.4 is 0 Å². The van der Waals surface area contributed by atoms with Crippen LogP contribution in [0.5, 0.6) is 0 Å². The van der Waals surface area contributed by atoms with E-state index in [1.165, 1.54) is 0 Å². The molecule has 3 saturated heterocycles. The number of ether oxygens (including phenoxy) is 1. The first-order valence-corrected chi connectivity index (χ1v) is 9.79. The van der Waals surface area contributed by atoms with Gasteiger partial charge in [0.25, 0.3) is 0 Å². The largest absolute Gasteiger partial charge is 0.378 e. The maximum atomic E-state index is 12.4. The van der Waals surface area contributed by atoms with Gasteiger partial charge in [-0.05, 0) is 12.8 Å². The van der Waals surface area contributed by atoms with E-state index in [2.05, 4.69) is 10.1 Å². The summed E-state index contributed by atoms with van der Waals surface area (Å²) in [6, 6.07) is 0.109. The molecule has 0 N–H and O–H groups in total. The van der Waals surface area contributed by atoms with Crippen LogP contribution in [0.3, 0.4) is 0 Å². The van der Waals surface area contributed by atoms with E-state index in [0.717, 1.165) is 44.8 Å². The Morgan fingerprint density at radius 3 is 2.41 bits per heavy atom. The highest BCUT2D eigenvalue weighted by Crippen LogP contribution is 2.27. The number of hydrogen-bond acceptors (Lipinski definition) is 6. The number of piperidine rings is 1. The summed E-state index contributed by atoms with van der Waals surface area (Å²) in [6.07, 6.45) is 2.47. The number of aromatic nitrogens is 2. The average Bonchev–Trinajstić information content (AvgIpc) is 3.13. The number of hydrogen-bond donors (Lipinski definition) is 0. The molecule has 3 fully saturated rings. The summed E-state index contributed by atoms with van der Waals surface area (Å²) in [5, 5.41) is 4.16. The molecule has 148 valence electrons. The Hall–Kier alpha value is -2.16. The molecule has 0 bridgehead atoms. The highest BCUT2D eigenvalue weighted by Gasteiger charge is 2.35. The Balaban J connectivity index is 1.23. The van der Waals surface area contributed by atoms with Crippen molar-refractivity contribution in [2.24, 2.45) is 5.92 Å². The van der Waals surface area contributed by atoms with Crippen LogP contribution in [-0.2, 0) is 16.0 Å². The molecule has 4 heterocycles. The summed E-state index contributed by atoms with van der Waals surface area (Å²) < 4.78 is 10.7. The van der Waals surface area contributed by atoms with Gasteiger partial charge in [-0.15, -0.1) is 0 Å². The number of carbonyl (C=O) groups is 2. The number of urea groups is 1. The Labute approximate surface area is 158 Å². The molecule has 3 aliphatic rings. The van der Waals surface area contributed by atoms with Gasteiger partial charge in [0.2, 0.25) is 11.8 Å². The summed E-state index contributed by atoms with van der Waals surface area (Å²) in [5.41, 5.74) is 0. The maximum Gasteiger partial charge on any atom is 0.320 e. The van der Waals surface area contributed by atoms with Crippen LogP contribution in [0, 0.1) is 5.92 Å². The fraction of sp³-hybridized carbons (Fsp3) is 0.778. The molecule has 0 aromatic carbocycles. The molecule has 1 aromatic heterocycles. The molecule has 1 aromatic rings. The van der Waals surface area contributed by atoms with Gasteiger partial charge in [-0.2, -0.15) is 4.98 Å². The van der Waals surface area contributed by atoms with Crippen LogP contribution in [0.2, 0.25) is 0 Å². The van der Waals surface area contributed by atoms with Crippen LogP contribution >= 0.6 is 0 Å². The van der Waals surface area contributed by atoms with Crippen molar-refractivity contribution in [2.45, 2.75) is 32.1 Å². The molecule has 0 atom stereocenters. The predicted octanol–water partition coefficient (Wildman–Crippen LogP) is 0.722. The van der Waals surface area contributed by atoms with Crippen LogP contribution in [0.4, 0.5) is 4.79 Å². The zero-order valence-electron chi connectivity index (χ0n) is 15.8. The molecule has 27 heavy (non-hydrogen) atoms. The van der Waals surface area contributed by atoms with Gasteiger partial charge in [0.05, 0.1) is 13.2 Å². The molecule has 0 saturated carbocycles. The molecule has 0 radical (unpaired) electrons. The summed E-state index contributed by atoms with van der Waals surface area (Å²) in [5.74, 6) is 2.18. The second-order valence-electron chi connectivity index (χ2n) is 7.68. The lowest BCUT2D eigenvalue weighted by molar-refractivity contribution is -0.129. The lowest BCUT2D eigenvalue weighted by Crippen LogP contribution is -2.57. The van der Waals surface area contributed by atoms with Crippen molar-refractivity contribution < 1.29 is 18.8 Å². The van der Waals surface area contributed by atoms with Crippen molar-refractivity contribution in [2.75, 3.05) is 52.5 Å². The molecule has 3 aliphatic heterocycles. The summed E-state index contributed by atoms with van der Waals surface area (Å²) >= 11 is 0. The van der Waals surface area contributed by atoms with E-state index < -0.39 is 0 Å². The first-order chi connectivity index (χ1) is 13.1. The molecule has 9 heteroatoms. The van der Waals surface area contributed by atoms with E-state index in [9.17, 15) is 9.59 Å². The SMILES string of the molecule is CC(=O)N1CCC(c2noc(CC3CN(C(=O)N4CCOCC4)C3)n2)CC1. The minimum absolute atomic E-state index is 0.109. The lowest BCUT2D eigenvalue weighted by atomic mass is 9.95. The van der Waals surface area contributed by atoms with Crippen LogP contribution in [-0.4, -0.2) is 89.3 Å². The number of amides is 3. The van der Waals surface area contributed by atoms with E-state index in [1.807, 2.05) is 14.7 Å². The highest BCUT2D eigenvalue weighted by molar-refractivity contribution is 5.75. The number of nitrogens with zero attached hydrogens (tertiary/aromatic N) is 5. The van der Waals surface area contributed by atoms with Crippen molar-refractivity contribution in [3.63, 3.8) is 0 Å². The van der Waals surface area contributed by atoms with Gasteiger partial charge in [-0.3, -0.25) is 4.79 Å². The summed E-state index contributed by atoms with van der Waals surface area (Å²) in [4.78, 5) is 34.0. The van der Waals surface area contributed by atoms with Gasteiger partial charge in [0.15, 0.2) is 5.82 Å². The molecule has 0 aliphatic carbocycles.